The van der Waals surface area contributed by atoms with Gasteiger partial charge in [0.15, 0.2) is 6.61 Å². The number of rotatable bonds is 7. The van der Waals surface area contributed by atoms with E-state index in [1.807, 2.05) is 6.92 Å². The summed E-state index contributed by atoms with van der Waals surface area (Å²) in [6.45, 7) is 10.8. The second kappa shape index (κ2) is 7.25. The van der Waals surface area contributed by atoms with Crippen LogP contribution >= 0.6 is 0 Å². The van der Waals surface area contributed by atoms with Crippen LogP contribution in [0.2, 0.25) is 0 Å². The van der Waals surface area contributed by atoms with Gasteiger partial charge in [-0.15, -0.1) is 0 Å². The first-order chi connectivity index (χ1) is 9.05. The van der Waals surface area contributed by atoms with E-state index in [0.29, 0.717) is 6.42 Å². The minimum absolute atomic E-state index is 0.111. The summed E-state index contributed by atoms with van der Waals surface area (Å²) < 4.78 is 14.9. The lowest BCUT2D eigenvalue weighted by Gasteiger charge is -2.29. The fourth-order valence-electron chi connectivity index (χ4n) is 0.975. The maximum atomic E-state index is 11.7. The zero-order chi connectivity index (χ0) is 16.0. The zero-order valence-corrected chi connectivity index (χ0v) is 12.5. The number of ether oxygens (including phenoxy) is 3. The predicted molar refractivity (Wildman–Crippen MR) is 69.8 cm³/mol. The molecular weight excluding hydrogens is 268 g/mol. The van der Waals surface area contributed by atoms with Gasteiger partial charge in [0.05, 0.1) is 0 Å². The van der Waals surface area contributed by atoms with E-state index >= 15 is 0 Å². The second-order valence-electron chi connectivity index (χ2n) is 5.14. The molecule has 0 aromatic rings. The summed E-state index contributed by atoms with van der Waals surface area (Å²) >= 11 is 0. The van der Waals surface area contributed by atoms with Crippen molar-refractivity contribution < 1.29 is 33.9 Å². The Morgan fingerprint density at radius 2 is 1.70 bits per heavy atom. The molecule has 0 amide bonds. The normalized spacial score (nSPS) is 14.1. The van der Waals surface area contributed by atoms with Crippen molar-refractivity contribution in [2.24, 2.45) is 0 Å². The second-order valence-corrected chi connectivity index (χ2v) is 5.14. The quantitative estimate of drug-likeness (QED) is 0.253. The van der Waals surface area contributed by atoms with Gasteiger partial charge in [-0.25, -0.2) is 14.5 Å². The Kier molecular flexibility index (Phi) is 6.67. The Bertz CT molecular complexity index is 375. The molecule has 1 unspecified atom stereocenters. The Hall–Kier alpha value is -1.60. The van der Waals surface area contributed by atoms with Crippen LogP contribution < -0.4 is 0 Å². The molecule has 0 aromatic heterocycles. The molecule has 0 spiro atoms. The zero-order valence-electron chi connectivity index (χ0n) is 12.5. The number of hydrogen-bond acceptors (Lipinski definition) is 7. The van der Waals surface area contributed by atoms with E-state index in [-0.39, 0.29) is 5.57 Å². The lowest BCUT2D eigenvalue weighted by atomic mass is 10.1. The van der Waals surface area contributed by atoms with E-state index in [1.165, 1.54) is 13.8 Å². The molecule has 20 heavy (non-hydrogen) atoms. The molecule has 0 rings (SSSR count). The van der Waals surface area contributed by atoms with Crippen molar-refractivity contribution in [1.29, 1.82) is 0 Å². The highest BCUT2D eigenvalue weighted by Crippen LogP contribution is 2.20. The number of esters is 1. The number of carbonyl (C=O) groups is 2. The van der Waals surface area contributed by atoms with Gasteiger partial charge >= 0.3 is 12.1 Å². The molecule has 0 aliphatic heterocycles. The molecule has 0 aromatic carbocycles. The first-order valence-corrected chi connectivity index (χ1v) is 6.12. The highest BCUT2D eigenvalue weighted by atomic mass is 17.1. The van der Waals surface area contributed by atoms with Crippen LogP contribution in [0.5, 0.6) is 0 Å². The van der Waals surface area contributed by atoms with Crippen molar-refractivity contribution in [3.63, 3.8) is 0 Å². The van der Waals surface area contributed by atoms with Crippen molar-refractivity contribution in [3.05, 3.63) is 12.2 Å². The highest BCUT2D eigenvalue weighted by molar-refractivity contribution is 5.87. The largest absolute Gasteiger partial charge is 0.512 e. The summed E-state index contributed by atoms with van der Waals surface area (Å²) in [6.07, 6.45) is -0.466. The fourth-order valence-corrected chi connectivity index (χ4v) is 0.975. The molecule has 1 N–H and O–H groups in total. The molecule has 0 saturated carbocycles. The molecule has 0 aliphatic carbocycles. The van der Waals surface area contributed by atoms with Crippen LogP contribution in [0.4, 0.5) is 4.79 Å². The summed E-state index contributed by atoms with van der Waals surface area (Å²) in [5, 5.41) is 8.50. The SMILES string of the molecule is C=C(C)C(=O)OC(C)(COO)OC(=O)OC(C)(C)CC. The van der Waals surface area contributed by atoms with Gasteiger partial charge in [-0.1, -0.05) is 13.5 Å². The van der Waals surface area contributed by atoms with Crippen LogP contribution in [0.1, 0.15) is 41.0 Å². The van der Waals surface area contributed by atoms with E-state index in [9.17, 15) is 9.59 Å². The smallest absolute Gasteiger partial charge is 0.428 e. The molecular formula is C13H22O7. The van der Waals surface area contributed by atoms with Crippen molar-refractivity contribution in [3.8, 4) is 0 Å². The highest BCUT2D eigenvalue weighted by Gasteiger charge is 2.36. The van der Waals surface area contributed by atoms with Crippen LogP contribution in [0, 0.1) is 0 Å². The first-order valence-electron chi connectivity index (χ1n) is 6.12. The predicted octanol–water partition coefficient (Wildman–Crippen LogP) is 2.65. The maximum Gasteiger partial charge on any atom is 0.512 e. The van der Waals surface area contributed by atoms with E-state index in [4.69, 9.17) is 19.5 Å². The van der Waals surface area contributed by atoms with Gasteiger partial charge in [0.2, 0.25) is 0 Å². The fraction of sp³-hybridized carbons (Fsp3) is 0.692. The Morgan fingerprint density at radius 3 is 2.10 bits per heavy atom. The van der Waals surface area contributed by atoms with Gasteiger partial charge in [-0.2, -0.15) is 0 Å². The molecule has 7 nitrogen and oxygen atoms in total. The third-order valence-corrected chi connectivity index (χ3v) is 2.49. The Labute approximate surface area is 118 Å². The van der Waals surface area contributed by atoms with E-state index < -0.39 is 30.1 Å². The van der Waals surface area contributed by atoms with Crippen molar-refractivity contribution >= 4 is 12.1 Å². The molecule has 7 heteroatoms. The molecule has 0 bridgehead atoms. The molecule has 0 fully saturated rings. The Morgan fingerprint density at radius 1 is 1.15 bits per heavy atom. The van der Waals surface area contributed by atoms with Crippen LogP contribution in [0.15, 0.2) is 12.2 Å². The third-order valence-electron chi connectivity index (χ3n) is 2.49. The summed E-state index contributed by atoms with van der Waals surface area (Å²) in [7, 11) is 0. The van der Waals surface area contributed by atoms with E-state index in [2.05, 4.69) is 11.5 Å². The van der Waals surface area contributed by atoms with E-state index in [0.717, 1.165) is 0 Å². The van der Waals surface area contributed by atoms with Gasteiger partial charge < -0.3 is 14.2 Å². The van der Waals surface area contributed by atoms with Crippen LogP contribution in [-0.4, -0.2) is 35.4 Å². The van der Waals surface area contributed by atoms with Gasteiger partial charge in [0.1, 0.15) is 5.60 Å². The van der Waals surface area contributed by atoms with Crippen LogP contribution in [0.25, 0.3) is 0 Å². The minimum Gasteiger partial charge on any atom is -0.428 e. The van der Waals surface area contributed by atoms with Crippen LogP contribution in [-0.2, 0) is 23.9 Å². The Balaban J connectivity index is 4.79. The lowest BCUT2D eigenvalue weighted by molar-refractivity contribution is -0.311. The molecule has 0 aliphatic rings. The van der Waals surface area contributed by atoms with Gasteiger partial charge in [0.25, 0.3) is 5.79 Å². The summed E-state index contributed by atoms with van der Waals surface area (Å²) in [5.74, 6) is -2.60. The molecule has 0 heterocycles. The average Bonchev–Trinajstić information content (AvgIpc) is 2.27. The molecule has 0 radical (unpaired) electrons. The van der Waals surface area contributed by atoms with Crippen molar-refractivity contribution in [2.75, 3.05) is 6.61 Å². The van der Waals surface area contributed by atoms with Crippen LogP contribution in [0.3, 0.4) is 0 Å². The topological polar surface area (TPSA) is 91.3 Å². The molecule has 1 atom stereocenters. The first kappa shape index (κ1) is 18.4. The van der Waals surface area contributed by atoms with E-state index in [1.54, 1.807) is 13.8 Å². The van der Waals surface area contributed by atoms with Crippen molar-refractivity contribution in [2.45, 2.75) is 52.4 Å². The third kappa shape index (κ3) is 6.53. The molecule has 116 valence electrons. The summed E-state index contributed by atoms with van der Waals surface area (Å²) in [6, 6.07) is 0. The van der Waals surface area contributed by atoms with Gasteiger partial charge in [-0.05, 0) is 27.2 Å². The van der Waals surface area contributed by atoms with Gasteiger partial charge in [0, 0.05) is 12.5 Å². The average molecular weight is 290 g/mol. The standard InChI is InChI=1S/C13H22O7/c1-7-12(4,5)19-11(15)20-13(6,8-17-16)18-10(14)9(2)3/h16H,2,7-8H2,1,3-6H3. The lowest BCUT2D eigenvalue weighted by Crippen LogP contribution is -2.43. The monoisotopic (exact) mass is 290 g/mol. The maximum absolute atomic E-state index is 11.7. The number of carbonyl (C=O) groups excluding carboxylic acids is 2. The summed E-state index contributed by atoms with van der Waals surface area (Å²) in [4.78, 5) is 27.0. The summed E-state index contributed by atoms with van der Waals surface area (Å²) in [5.41, 5.74) is -0.615. The molecule has 0 saturated heterocycles. The number of hydrogen-bond donors (Lipinski definition) is 1. The van der Waals surface area contributed by atoms with Gasteiger partial charge in [-0.3, -0.25) is 5.26 Å². The van der Waals surface area contributed by atoms with Crippen molar-refractivity contribution in [1.82, 2.24) is 0 Å². The minimum atomic E-state index is -1.81.